The molecular formula is C13H18N2O2. The number of carbonyl (C=O) groups is 1. The Morgan fingerprint density at radius 1 is 1.41 bits per heavy atom. The topological polar surface area (TPSA) is 61.4 Å². The van der Waals surface area contributed by atoms with Crippen LogP contribution in [0.25, 0.3) is 0 Å². The highest BCUT2D eigenvalue weighted by Gasteiger charge is 2.39. The fraction of sp³-hybridized carbons (Fsp3) is 0.462. The third-order valence-corrected chi connectivity index (χ3v) is 3.10. The highest BCUT2D eigenvalue weighted by Crippen LogP contribution is 2.38. The van der Waals surface area contributed by atoms with Crippen LogP contribution in [0.3, 0.4) is 0 Å². The standard InChI is InChI=1S/C13H18N2O2/c1-13(17,10-7-8-10)9-14-12(16)15-11-5-3-2-4-6-11/h2-6,10,17H,7-9H2,1H3,(H2,14,15,16). The molecule has 4 nitrogen and oxygen atoms in total. The summed E-state index contributed by atoms with van der Waals surface area (Å²) < 4.78 is 0. The molecule has 0 saturated heterocycles. The van der Waals surface area contributed by atoms with E-state index in [2.05, 4.69) is 10.6 Å². The quantitative estimate of drug-likeness (QED) is 0.746. The van der Waals surface area contributed by atoms with Gasteiger partial charge < -0.3 is 15.7 Å². The maximum absolute atomic E-state index is 11.6. The summed E-state index contributed by atoms with van der Waals surface area (Å²) in [5, 5.41) is 15.4. The lowest BCUT2D eigenvalue weighted by atomic mass is 10.0. The summed E-state index contributed by atoms with van der Waals surface area (Å²) in [4.78, 5) is 11.6. The molecule has 17 heavy (non-hydrogen) atoms. The molecule has 2 rings (SSSR count). The molecule has 4 heteroatoms. The van der Waals surface area contributed by atoms with Gasteiger partial charge in [-0.3, -0.25) is 0 Å². The Morgan fingerprint density at radius 3 is 2.65 bits per heavy atom. The van der Waals surface area contributed by atoms with E-state index in [1.807, 2.05) is 30.3 Å². The number of anilines is 1. The van der Waals surface area contributed by atoms with Gasteiger partial charge in [-0.05, 0) is 37.8 Å². The molecule has 1 aliphatic rings. The molecule has 0 bridgehead atoms. The van der Waals surface area contributed by atoms with E-state index in [0.717, 1.165) is 18.5 Å². The van der Waals surface area contributed by atoms with E-state index in [1.54, 1.807) is 6.92 Å². The minimum atomic E-state index is -0.784. The van der Waals surface area contributed by atoms with Crippen molar-refractivity contribution >= 4 is 11.7 Å². The fourth-order valence-corrected chi connectivity index (χ4v) is 1.81. The lowest BCUT2D eigenvalue weighted by Gasteiger charge is -2.23. The van der Waals surface area contributed by atoms with Gasteiger partial charge >= 0.3 is 6.03 Å². The number of para-hydroxylation sites is 1. The first-order valence-electron chi connectivity index (χ1n) is 5.90. The molecule has 1 unspecified atom stereocenters. The van der Waals surface area contributed by atoms with Crippen LogP contribution in [0.15, 0.2) is 30.3 Å². The maximum Gasteiger partial charge on any atom is 0.319 e. The SMILES string of the molecule is CC(O)(CNC(=O)Nc1ccccc1)C1CC1. The summed E-state index contributed by atoms with van der Waals surface area (Å²) in [5.74, 6) is 0.333. The van der Waals surface area contributed by atoms with E-state index in [0.29, 0.717) is 5.92 Å². The van der Waals surface area contributed by atoms with Gasteiger partial charge in [0.2, 0.25) is 0 Å². The molecule has 0 aromatic heterocycles. The number of benzene rings is 1. The number of rotatable bonds is 4. The summed E-state index contributed by atoms with van der Waals surface area (Å²) in [6.07, 6.45) is 2.10. The summed E-state index contributed by atoms with van der Waals surface area (Å²) in [6.45, 7) is 2.06. The Morgan fingerprint density at radius 2 is 2.06 bits per heavy atom. The predicted octanol–water partition coefficient (Wildman–Crippen LogP) is 1.97. The molecule has 1 fully saturated rings. The molecule has 0 radical (unpaired) electrons. The van der Waals surface area contributed by atoms with Gasteiger partial charge in [0.1, 0.15) is 0 Å². The van der Waals surface area contributed by atoms with E-state index < -0.39 is 5.60 Å². The maximum atomic E-state index is 11.6. The minimum Gasteiger partial charge on any atom is -0.388 e. The van der Waals surface area contributed by atoms with Crippen molar-refractivity contribution in [3.05, 3.63) is 30.3 Å². The van der Waals surface area contributed by atoms with Crippen LogP contribution in [-0.4, -0.2) is 23.3 Å². The second kappa shape index (κ2) is 4.75. The largest absolute Gasteiger partial charge is 0.388 e. The average molecular weight is 234 g/mol. The number of amides is 2. The predicted molar refractivity (Wildman–Crippen MR) is 66.8 cm³/mol. The van der Waals surface area contributed by atoms with Gasteiger partial charge in [0.05, 0.1) is 5.60 Å². The zero-order valence-corrected chi connectivity index (χ0v) is 9.94. The number of hydrogen-bond acceptors (Lipinski definition) is 2. The number of hydrogen-bond donors (Lipinski definition) is 3. The Labute approximate surface area is 101 Å². The van der Waals surface area contributed by atoms with Crippen molar-refractivity contribution in [2.45, 2.75) is 25.4 Å². The Kier molecular flexibility index (Phi) is 3.33. The smallest absolute Gasteiger partial charge is 0.319 e. The molecule has 1 saturated carbocycles. The summed E-state index contributed by atoms with van der Waals surface area (Å²) >= 11 is 0. The molecule has 3 N–H and O–H groups in total. The van der Waals surface area contributed by atoms with E-state index >= 15 is 0 Å². The van der Waals surface area contributed by atoms with Crippen LogP contribution >= 0.6 is 0 Å². The van der Waals surface area contributed by atoms with Crippen LogP contribution in [0.5, 0.6) is 0 Å². The zero-order valence-electron chi connectivity index (χ0n) is 9.94. The average Bonchev–Trinajstić information content (AvgIpc) is 3.12. The van der Waals surface area contributed by atoms with Crippen molar-refractivity contribution in [3.8, 4) is 0 Å². The van der Waals surface area contributed by atoms with Crippen LogP contribution in [0.1, 0.15) is 19.8 Å². The third-order valence-electron chi connectivity index (χ3n) is 3.10. The van der Waals surface area contributed by atoms with Gasteiger partial charge in [0.15, 0.2) is 0 Å². The molecule has 1 atom stereocenters. The van der Waals surface area contributed by atoms with Gasteiger partial charge in [-0.2, -0.15) is 0 Å². The fourth-order valence-electron chi connectivity index (χ4n) is 1.81. The van der Waals surface area contributed by atoms with E-state index in [1.165, 1.54) is 0 Å². The van der Waals surface area contributed by atoms with Gasteiger partial charge in [0.25, 0.3) is 0 Å². The van der Waals surface area contributed by atoms with Gasteiger partial charge in [0, 0.05) is 12.2 Å². The third kappa shape index (κ3) is 3.46. The highest BCUT2D eigenvalue weighted by atomic mass is 16.3. The van der Waals surface area contributed by atoms with Crippen molar-refractivity contribution < 1.29 is 9.90 Å². The van der Waals surface area contributed by atoms with Crippen molar-refractivity contribution in [1.82, 2.24) is 5.32 Å². The number of carbonyl (C=O) groups excluding carboxylic acids is 1. The first kappa shape index (κ1) is 11.9. The molecule has 0 spiro atoms. The molecule has 1 aromatic rings. The molecule has 2 amide bonds. The second-order valence-electron chi connectivity index (χ2n) is 4.81. The normalized spacial score (nSPS) is 18.2. The molecule has 1 aliphatic carbocycles. The molecule has 0 heterocycles. The lowest BCUT2D eigenvalue weighted by Crippen LogP contribution is -2.43. The van der Waals surface area contributed by atoms with E-state index in [4.69, 9.17) is 0 Å². The van der Waals surface area contributed by atoms with Gasteiger partial charge in [-0.1, -0.05) is 18.2 Å². The van der Waals surface area contributed by atoms with Crippen LogP contribution in [0.4, 0.5) is 10.5 Å². The zero-order chi connectivity index (χ0) is 12.3. The number of urea groups is 1. The lowest BCUT2D eigenvalue weighted by molar-refractivity contribution is 0.0398. The summed E-state index contributed by atoms with van der Waals surface area (Å²) in [6, 6.07) is 8.96. The van der Waals surface area contributed by atoms with E-state index in [-0.39, 0.29) is 12.6 Å². The number of aliphatic hydroxyl groups is 1. The van der Waals surface area contributed by atoms with Crippen LogP contribution in [-0.2, 0) is 0 Å². The summed E-state index contributed by atoms with van der Waals surface area (Å²) in [7, 11) is 0. The van der Waals surface area contributed by atoms with E-state index in [9.17, 15) is 9.90 Å². The molecule has 1 aromatic carbocycles. The Hall–Kier alpha value is -1.55. The van der Waals surface area contributed by atoms with Gasteiger partial charge in [-0.15, -0.1) is 0 Å². The first-order chi connectivity index (χ1) is 8.08. The summed E-state index contributed by atoms with van der Waals surface area (Å²) in [5.41, 5.74) is -0.0373. The van der Waals surface area contributed by atoms with Crippen molar-refractivity contribution in [3.63, 3.8) is 0 Å². The Bertz CT molecular complexity index is 386. The van der Waals surface area contributed by atoms with Crippen LogP contribution in [0, 0.1) is 5.92 Å². The first-order valence-corrected chi connectivity index (χ1v) is 5.90. The van der Waals surface area contributed by atoms with Crippen LogP contribution in [0.2, 0.25) is 0 Å². The van der Waals surface area contributed by atoms with Crippen molar-refractivity contribution in [2.24, 2.45) is 5.92 Å². The monoisotopic (exact) mass is 234 g/mol. The number of nitrogens with one attached hydrogen (secondary N) is 2. The second-order valence-corrected chi connectivity index (χ2v) is 4.81. The minimum absolute atomic E-state index is 0.280. The van der Waals surface area contributed by atoms with Gasteiger partial charge in [-0.25, -0.2) is 4.79 Å². The highest BCUT2D eigenvalue weighted by molar-refractivity contribution is 5.89. The van der Waals surface area contributed by atoms with Crippen LogP contribution < -0.4 is 10.6 Å². The van der Waals surface area contributed by atoms with Crippen molar-refractivity contribution in [1.29, 1.82) is 0 Å². The molecular weight excluding hydrogens is 216 g/mol. The van der Waals surface area contributed by atoms with Crippen molar-refractivity contribution in [2.75, 3.05) is 11.9 Å². The Balaban J connectivity index is 1.78. The molecule has 0 aliphatic heterocycles. The molecule has 92 valence electrons.